The van der Waals surface area contributed by atoms with Gasteiger partial charge in [-0.25, -0.2) is 4.79 Å². The third kappa shape index (κ3) is 5.52. The van der Waals surface area contributed by atoms with Crippen molar-refractivity contribution in [1.82, 2.24) is 10.6 Å². The van der Waals surface area contributed by atoms with E-state index in [4.69, 9.17) is 4.74 Å². The highest BCUT2D eigenvalue weighted by atomic mass is 79.9. The number of halogens is 1. The van der Waals surface area contributed by atoms with Crippen molar-refractivity contribution in [2.24, 2.45) is 0 Å². The smallest absolute Gasteiger partial charge is 0.315 e. The summed E-state index contributed by atoms with van der Waals surface area (Å²) < 4.78 is 6.73. The molecule has 0 saturated heterocycles. The normalized spacial score (nSPS) is 14.5. The van der Waals surface area contributed by atoms with E-state index >= 15 is 0 Å². The Balaban J connectivity index is 1.69. The second-order valence-electron chi connectivity index (χ2n) is 6.77. The topological polar surface area (TPSA) is 50.4 Å². The van der Waals surface area contributed by atoms with E-state index in [0.717, 1.165) is 29.5 Å². The minimum absolute atomic E-state index is 0.0711. The zero-order valence-corrected chi connectivity index (χ0v) is 15.1. The maximum absolute atomic E-state index is 11.4. The Kier molecular flexibility index (Phi) is 5.73. The Labute approximate surface area is 141 Å². The summed E-state index contributed by atoms with van der Waals surface area (Å²) in [6.45, 7) is 7.77. The fourth-order valence-electron chi connectivity index (χ4n) is 2.00. The first-order valence-corrected chi connectivity index (χ1v) is 8.63. The van der Waals surface area contributed by atoms with Crippen LogP contribution in [0.3, 0.4) is 0 Å². The van der Waals surface area contributed by atoms with Gasteiger partial charge in [0, 0.05) is 12.6 Å². The lowest BCUT2D eigenvalue weighted by Crippen LogP contribution is -2.37. The van der Waals surface area contributed by atoms with Crippen LogP contribution in [-0.2, 0) is 5.41 Å². The summed E-state index contributed by atoms with van der Waals surface area (Å²) in [6.07, 6.45) is 3.00. The van der Waals surface area contributed by atoms with Gasteiger partial charge in [-0.15, -0.1) is 0 Å². The molecule has 1 saturated carbocycles. The molecule has 1 fully saturated rings. The van der Waals surface area contributed by atoms with Gasteiger partial charge in [0.05, 0.1) is 11.1 Å². The summed E-state index contributed by atoms with van der Waals surface area (Å²) in [7, 11) is 0. The Morgan fingerprint density at radius 2 is 2.09 bits per heavy atom. The van der Waals surface area contributed by atoms with Crippen LogP contribution in [0.1, 0.15) is 45.6 Å². The van der Waals surface area contributed by atoms with Gasteiger partial charge in [0.1, 0.15) is 5.75 Å². The predicted molar refractivity (Wildman–Crippen MR) is 92.5 cm³/mol. The summed E-state index contributed by atoms with van der Waals surface area (Å²) in [5.74, 6) is 0.843. The number of nitrogens with one attached hydrogen (secondary N) is 2. The average Bonchev–Trinajstić information content (AvgIpc) is 3.22. The molecule has 1 aromatic rings. The maximum atomic E-state index is 11.4. The van der Waals surface area contributed by atoms with Crippen LogP contribution in [-0.4, -0.2) is 25.2 Å². The molecule has 0 aliphatic heterocycles. The molecule has 2 rings (SSSR count). The minimum atomic E-state index is -0.0711. The number of hydrogen-bond acceptors (Lipinski definition) is 2. The second kappa shape index (κ2) is 7.36. The lowest BCUT2D eigenvalue weighted by Gasteiger charge is -2.20. The van der Waals surface area contributed by atoms with Gasteiger partial charge in [-0.05, 0) is 58.3 Å². The molecule has 122 valence electrons. The summed E-state index contributed by atoms with van der Waals surface area (Å²) >= 11 is 3.56. The number of carbonyl (C=O) groups excluding carboxylic acids is 1. The molecule has 0 atom stereocenters. The highest BCUT2D eigenvalue weighted by Gasteiger charge is 2.22. The van der Waals surface area contributed by atoms with Crippen LogP contribution in [0.25, 0.3) is 0 Å². The molecule has 4 nitrogen and oxygen atoms in total. The van der Waals surface area contributed by atoms with E-state index in [2.05, 4.69) is 59.5 Å². The van der Waals surface area contributed by atoms with Gasteiger partial charge >= 0.3 is 6.03 Å². The molecule has 0 heterocycles. The maximum Gasteiger partial charge on any atom is 0.315 e. The van der Waals surface area contributed by atoms with Crippen LogP contribution in [0.4, 0.5) is 4.79 Å². The lowest BCUT2D eigenvalue weighted by atomic mass is 9.87. The van der Waals surface area contributed by atoms with E-state index < -0.39 is 0 Å². The number of amides is 2. The van der Waals surface area contributed by atoms with Gasteiger partial charge in [0.2, 0.25) is 0 Å². The number of carbonyl (C=O) groups is 1. The lowest BCUT2D eigenvalue weighted by molar-refractivity contribution is 0.238. The van der Waals surface area contributed by atoms with Crippen molar-refractivity contribution in [2.45, 2.75) is 51.5 Å². The van der Waals surface area contributed by atoms with Gasteiger partial charge < -0.3 is 15.4 Å². The van der Waals surface area contributed by atoms with E-state index in [1.165, 1.54) is 5.56 Å². The summed E-state index contributed by atoms with van der Waals surface area (Å²) in [5.41, 5.74) is 1.39. The molecule has 2 amide bonds. The summed E-state index contributed by atoms with van der Waals surface area (Å²) in [4.78, 5) is 11.4. The van der Waals surface area contributed by atoms with E-state index in [9.17, 15) is 4.79 Å². The Hall–Kier alpha value is -1.23. The molecule has 0 bridgehead atoms. The van der Waals surface area contributed by atoms with Crippen molar-refractivity contribution in [3.63, 3.8) is 0 Å². The highest BCUT2D eigenvalue weighted by molar-refractivity contribution is 9.10. The Bertz CT molecular complexity index is 522. The molecule has 1 aliphatic rings. The van der Waals surface area contributed by atoms with Crippen molar-refractivity contribution in [2.75, 3.05) is 13.2 Å². The van der Waals surface area contributed by atoms with Gasteiger partial charge in [0.15, 0.2) is 0 Å². The molecule has 0 unspecified atom stereocenters. The molecular formula is C17H25BrN2O2. The van der Waals surface area contributed by atoms with Crippen molar-refractivity contribution in [1.29, 1.82) is 0 Å². The van der Waals surface area contributed by atoms with Gasteiger partial charge in [-0.3, -0.25) is 0 Å². The van der Waals surface area contributed by atoms with Crippen LogP contribution >= 0.6 is 15.9 Å². The van der Waals surface area contributed by atoms with Crippen LogP contribution in [0.2, 0.25) is 0 Å². The van der Waals surface area contributed by atoms with Gasteiger partial charge in [-0.2, -0.15) is 0 Å². The molecular weight excluding hydrogens is 344 g/mol. The predicted octanol–water partition coefficient (Wildman–Crippen LogP) is 3.98. The first kappa shape index (κ1) is 17.1. The molecule has 2 N–H and O–H groups in total. The Morgan fingerprint density at radius 3 is 2.68 bits per heavy atom. The highest BCUT2D eigenvalue weighted by Crippen LogP contribution is 2.31. The number of rotatable bonds is 6. The summed E-state index contributed by atoms with van der Waals surface area (Å²) in [6, 6.07) is 6.53. The number of urea groups is 1. The average molecular weight is 369 g/mol. The largest absolute Gasteiger partial charge is 0.492 e. The molecule has 22 heavy (non-hydrogen) atoms. The first-order valence-electron chi connectivity index (χ1n) is 7.83. The van der Waals surface area contributed by atoms with Crippen LogP contribution in [0, 0.1) is 0 Å². The molecule has 0 radical (unpaired) electrons. The fourth-order valence-corrected chi connectivity index (χ4v) is 2.50. The zero-order valence-electron chi connectivity index (χ0n) is 13.5. The summed E-state index contributed by atoms with van der Waals surface area (Å²) in [5, 5.41) is 5.74. The quantitative estimate of drug-likeness (QED) is 0.746. The number of hydrogen-bond donors (Lipinski definition) is 2. The van der Waals surface area contributed by atoms with Crippen molar-refractivity contribution in [3.05, 3.63) is 28.2 Å². The van der Waals surface area contributed by atoms with Crippen LogP contribution in [0.5, 0.6) is 5.75 Å². The molecule has 0 spiro atoms. The number of benzene rings is 1. The van der Waals surface area contributed by atoms with E-state index in [0.29, 0.717) is 19.2 Å². The number of ether oxygens (including phenoxy) is 1. The monoisotopic (exact) mass is 368 g/mol. The third-order valence-electron chi connectivity index (χ3n) is 3.57. The van der Waals surface area contributed by atoms with E-state index in [1.807, 2.05) is 6.07 Å². The molecule has 5 heteroatoms. The van der Waals surface area contributed by atoms with Crippen molar-refractivity contribution >= 4 is 22.0 Å². The van der Waals surface area contributed by atoms with E-state index in [1.54, 1.807) is 0 Å². The van der Waals surface area contributed by atoms with E-state index in [-0.39, 0.29) is 11.4 Å². The SMILES string of the molecule is CC(C)(C)c1ccc(OCCCNC(=O)NC2CC2)c(Br)c1. The van der Waals surface area contributed by atoms with Gasteiger partial charge in [0.25, 0.3) is 0 Å². The zero-order chi connectivity index (χ0) is 16.2. The minimum Gasteiger partial charge on any atom is -0.492 e. The Morgan fingerprint density at radius 1 is 1.36 bits per heavy atom. The van der Waals surface area contributed by atoms with Crippen LogP contribution < -0.4 is 15.4 Å². The molecule has 0 aromatic heterocycles. The second-order valence-corrected chi connectivity index (χ2v) is 7.63. The van der Waals surface area contributed by atoms with Gasteiger partial charge in [-0.1, -0.05) is 26.8 Å². The molecule has 1 aromatic carbocycles. The van der Waals surface area contributed by atoms with Crippen molar-refractivity contribution in [3.8, 4) is 5.75 Å². The third-order valence-corrected chi connectivity index (χ3v) is 4.19. The standard InChI is InChI=1S/C17H25BrN2O2/c1-17(2,3)12-5-8-15(14(18)11-12)22-10-4-9-19-16(21)20-13-6-7-13/h5,8,11,13H,4,6-7,9-10H2,1-3H3,(H2,19,20,21). The fraction of sp³-hybridized carbons (Fsp3) is 0.588. The van der Waals surface area contributed by atoms with Crippen molar-refractivity contribution < 1.29 is 9.53 Å². The molecule has 1 aliphatic carbocycles. The van der Waals surface area contributed by atoms with Crippen LogP contribution in [0.15, 0.2) is 22.7 Å². The first-order chi connectivity index (χ1) is 10.4.